The van der Waals surface area contributed by atoms with E-state index in [2.05, 4.69) is 14.8 Å². The molecule has 0 atom stereocenters. The Morgan fingerprint density at radius 3 is 2.48 bits per heavy atom. The van der Waals surface area contributed by atoms with Crippen molar-refractivity contribution in [3.63, 3.8) is 0 Å². The number of anilines is 1. The monoisotopic (exact) mass is 325 g/mol. The third-order valence-electron chi connectivity index (χ3n) is 2.65. The number of halogens is 1. The van der Waals surface area contributed by atoms with Crippen LogP contribution in [0.2, 0.25) is 0 Å². The van der Waals surface area contributed by atoms with Gasteiger partial charge in [0.25, 0.3) is 0 Å². The van der Waals surface area contributed by atoms with Gasteiger partial charge in [0, 0.05) is 11.8 Å². The maximum absolute atomic E-state index is 14.0. The molecule has 1 N–H and O–H groups in total. The van der Waals surface area contributed by atoms with Crippen LogP contribution in [-0.2, 0) is 19.1 Å². The third-order valence-corrected chi connectivity index (χ3v) is 2.65. The average Bonchev–Trinajstić information content (AvgIpc) is 2.52. The standard InChI is InChI=1S/C16H20FNO5/c1-10(2)9-23-14-6-5-11(7-12(14)17)18-13(16(20)22-4)8-15(19)21-3/h5-8,10,18H,9H2,1-4H3/b13-8+. The Bertz CT molecular complexity index is 598. The molecular weight excluding hydrogens is 305 g/mol. The Morgan fingerprint density at radius 1 is 1.26 bits per heavy atom. The minimum atomic E-state index is -0.782. The lowest BCUT2D eigenvalue weighted by Gasteiger charge is -2.12. The molecule has 1 aromatic carbocycles. The second-order valence-electron chi connectivity index (χ2n) is 5.05. The molecular formula is C16H20FNO5. The molecule has 0 heterocycles. The van der Waals surface area contributed by atoms with Gasteiger partial charge in [-0.05, 0) is 18.1 Å². The highest BCUT2D eigenvalue weighted by atomic mass is 19.1. The molecule has 0 aliphatic heterocycles. The summed E-state index contributed by atoms with van der Waals surface area (Å²) in [6.07, 6.45) is 0.924. The van der Waals surface area contributed by atoms with E-state index in [0.717, 1.165) is 12.1 Å². The summed E-state index contributed by atoms with van der Waals surface area (Å²) in [6, 6.07) is 4.11. The number of esters is 2. The number of rotatable bonds is 7. The summed E-state index contributed by atoms with van der Waals surface area (Å²) in [6.45, 7) is 4.29. The van der Waals surface area contributed by atoms with Gasteiger partial charge in [-0.3, -0.25) is 0 Å². The quantitative estimate of drug-likeness (QED) is 0.613. The molecule has 0 saturated carbocycles. The van der Waals surface area contributed by atoms with Gasteiger partial charge in [0.2, 0.25) is 0 Å². The van der Waals surface area contributed by atoms with Crippen molar-refractivity contribution in [2.45, 2.75) is 13.8 Å². The summed E-state index contributed by atoms with van der Waals surface area (Å²) in [5.41, 5.74) is 0.0922. The van der Waals surface area contributed by atoms with Gasteiger partial charge in [-0.2, -0.15) is 0 Å². The van der Waals surface area contributed by atoms with Crippen LogP contribution in [0.15, 0.2) is 30.0 Å². The zero-order chi connectivity index (χ0) is 17.4. The highest BCUT2D eigenvalue weighted by molar-refractivity contribution is 5.98. The van der Waals surface area contributed by atoms with Crippen LogP contribution in [0, 0.1) is 11.7 Å². The molecule has 7 heteroatoms. The Morgan fingerprint density at radius 2 is 1.96 bits per heavy atom. The molecule has 0 amide bonds. The van der Waals surface area contributed by atoms with E-state index in [1.54, 1.807) is 0 Å². The van der Waals surface area contributed by atoms with Gasteiger partial charge in [-0.25, -0.2) is 14.0 Å². The van der Waals surface area contributed by atoms with E-state index < -0.39 is 17.8 Å². The fourth-order valence-corrected chi connectivity index (χ4v) is 1.54. The van der Waals surface area contributed by atoms with Crippen LogP contribution in [0.4, 0.5) is 10.1 Å². The Hall–Kier alpha value is -2.57. The van der Waals surface area contributed by atoms with Crippen LogP contribution in [0.3, 0.4) is 0 Å². The first-order valence-corrected chi connectivity index (χ1v) is 6.94. The molecule has 0 aliphatic carbocycles. The third kappa shape index (κ3) is 5.98. The molecule has 1 rings (SSSR count). The van der Waals surface area contributed by atoms with Gasteiger partial charge in [0.05, 0.1) is 26.9 Å². The number of hydrogen-bond acceptors (Lipinski definition) is 6. The molecule has 1 aromatic rings. The zero-order valence-corrected chi connectivity index (χ0v) is 13.5. The molecule has 6 nitrogen and oxygen atoms in total. The Kier molecular flexibility index (Phi) is 7.05. The summed E-state index contributed by atoms with van der Waals surface area (Å²) >= 11 is 0. The van der Waals surface area contributed by atoms with Crippen molar-refractivity contribution in [1.82, 2.24) is 0 Å². The molecule has 126 valence electrons. The largest absolute Gasteiger partial charge is 0.490 e. The lowest BCUT2D eigenvalue weighted by Crippen LogP contribution is -2.15. The first-order valence-electron chi connectivity index (χ1n) is 6.94. The average molecular weight is 325 g/mol. The van der Waals surface area contributed by atoms with E-state index in [1.165, 1.54) is 26.4 Å². The van der Waals surface area contributed by atoms with E-state index in [1.807, 2.05) is 13.8 Å². The first-order chi connectivity index (χ1) is 10.9. The number of benzene rings is 1. The van der Waals surface area contributed by atoms with E-state index in [-0.39, 0.29) is 23.1 Å². The van der Waals surface area contributed by atoms with Crippen LogP contribution >= 0.6 is 0 Å². The normalized spacial score (nSPS) is 11.1. The van der Waals surface area contributed by atoms with Crippen molar-refractivity contribution < 1.29 is 28.2 Å². The van der Waals surface area contributed by atoms with Gasteiger partial charge in [-0.1, -0.05) is 13.8 Å². The van der Waals surface area contributed by atoms with Crippen molar-refractivity contribution in [3.8, 4) is 5.75 Å². The van der Waals surface area contributed by atoms with Gasteiger partial charge >= 0.3 is 11.9 Å². The molecule has 0 aromatic heterocycles. The van der Waals surface area contributed by atoms with Crippen LogP contribution in [0.1, 0.15) is 13.8 Å². The topological polar surface area (TPSA) is 73.9 Å². The van der Waals surface area contributed by atoms with Crippen LogP contribution in [0.25, 0.3) is 0 Å². The van der Waals surface area contributed by atoms with E-state index in [0.29, 0.717) is 6.61 Å². The molecule has 0 fully saturated rings. The molecule has 0 aliphatic rings. The van der Waals surface area contributed by atoms with Crippen LogP contribution in [-0.4, -0.2) is 32.8 Å². The first kappa shape index (κ1) is 18.5. The molecule has 0 radical (unpaired) electrons. The van der Waals surface area contributed by atoms with Crippen LogP contribution in [0.5, 0.6) is 5.75 Å². The molecule has 0 bridgehead atoms. The van der Waals surface area contributed by atoms with E-state index in [9.17, 15) is 14.0 Å². The zero-order valence-electron chi connectivity index (χ0n) is 13.5. The summed E-state index contributed by atoms with van der Waals surface area (Å²) in [5.74, 6) is -1.73. The van der Waals surface area contributed by atoms with Crippen molar-refractivity contribution in [1.29, 1.82) is 0 Å². The fourth-order valence-electron chi connectivity index (χ4n) is 1.54. The summed E-state index contributed by atoms with van der Waals surface area (Å²) in [7, 11) is 2.34. The second kappa shape index (κ2) is 8.77. The van der Waals surface area contributed by atoms with Gasteiger partial charge < -0.3 is 19.5 Å². The maximum Gasteiger partial charge on any atom is 0.354 e. The van der Waals surface area contributed by atoms with Gasteiger partial charge in [-0.15, -0.1) is 0 Å². The van der Waals surface area contributed by atoms with Crippen molar-refractivity contribution >= 4 is 17.6 Å². The SMILES string of the molecule is COC(=O)/C=C(/Nc1ccc(OCC(C)C)c(F)c1)C(=O)OC. The highest BCUT2D eigenvalue weighted by Gasteiger charge is 2.14. The minimum Gasteiger partial charge on any atom is -0.490 e. The number of carbonyl (C=O) groups excluding carboxylic acids is 2. The van der Waals surface area contributed by atoms with Gasteiger partial charge in [0.15, 0.2) is 11.6 Å². The van der Waals surface area contributed by atoms with Crippen molar-refractivity contribution in [2.75, 3.05) is 26.1 Å². The molecule has 0 spiro atoms. The number of methoxy groups -OCH3 is 2. The molecule has 0 unspecified atom stereocenters. The number of nitrogens with one attached hydrogen (secondary N) is 1. The molecule has 0 saturated heterocycles. The molecule has 23 heavy (non-hydrogen) atoms. The summed E-state index contributed by atoms with van der Waals surface area (Å²) in [4.78, 5) is 22.9. The summed E-state index contributed by atoms with van der Waals surface area (Å²) < 4.78 is 28.3. The van der Waals surface area contributed by atoms with E-state index >= 15 is 0 Å². The van der Waals surface area contributed by atoms with Crippen molar-refractivity contribution in [2.24, 2.45) is 5.92 Å². The smallest absolute Gasteiger partial charge is 0.354 e. The summed E-state index contributed by atoms with van der Waals surface area (Å²) in [5, 5.41) is 2.62. The van der Waals surface area contributed by atoms with Crippen LogP contribution < -0.4 is 10.1 Å². The number of carbonyl (C=O) groups is 2. The lowest BCUT2D eigenvalue weighted by atomic mass is 10.2. The van der Waals surface area contributed by atoms with Crippen molar-refractivity contribution in [3.05, 3.63) is 35.8 Å². The predicted molar refractivity (Wildman–Crippen MR) is 82.5 cm³/mol. The fraction of sp³-hybridized carbons (Fsp3) is 0.375. The Balaban J connectivity index is 2.93. The lowest BCUT2D eigenvalue weighted by molar-refractivity contribution is -0.138. The van der Waals surface area contributed by atoms with E-state index in [4.69, 9.17) is 4.74 Å². The minimum absolute atomic E-state index is 0.112. The maximum atomic E-state index is 14.0. The number of ether oxygens (including phenoxy) is 3. The highest BCUT2D eigenvalue weighted by Crippen LogP contribution is 2.22. The Labute approximate surface area is 134 Å². The second-order valence-corrected chi connectivity index (χ2v) is 5.05. The van der Waals surface area contributed by atoms with Gasteiger partial charge in [0.1, 0.15) is 5.70 Å². The predicted octanol–water partition coefficient (Wildman–Crippen LogP) is 2.50. The number of hydrogen-bond donors (Lipinski definition) is 1.